The van der Waals surface area contributed by atoms with Gasteiger partial charge in [-0.05, 0) is 49.1 Å². The molecule has 1 aliphatic rings. The van der Waals surface area contributed by atoms with Crippen LogP contribution in [0.25, 0.3) is 10.8 Å². The number of hydrogen-bond acceptors (Lipinski definition) is 5. The minimum atomic E-state index is -1.20. The predicted molar refractivity (Wildman–Crippen MR) is 115 cm³/mol. The van der Waals surface area contributed by atoms with Crippen LogP contribution in [0.3, 0.4) is 0 Å². The van der Waals surface area contributed by atoms with Crippen molar-refractivity contribution in [3.63, 3.8) is 0 Å². The fourth-order valence-corrected chi connectivity index (χ4v) is 3.86. The molecule has 6 nitrogen and oxygen atoms in total. The molecule has 33 heavy (non-hydrogen) atoms. The number of imide groups is 1. The number of Topliss-reactive ketones (excluding diaryl/α,β-unsaturated/α-hetero) is 1. The van der Waals surface area contributed by atoms with Crippen LogP contribution in [0.2, 0.25) is 0 Å². The Kier molecular flexibility index (Phi) is 6.00. The van der Waals surface area contributed by atoms with Gasteiger partial charge in [-0.15, -0.1) is 0 Å². The summed E-state index contributed by atoms with van der Waals surface area (Å²) >= 11 is 0. The van der Waals surface area contributed by atoms with Crippen LogP contribution in [0.5, 0.6) is 0 Å². The molecule has 0 bridgehead atoms. The summed E-state index contributed by atoms with van der Waals surface area (Å²) in [5, 5.41) is 1.42. The molecule has 0 aliphatic carbocycles. The van der Waals surface area contributed by atoms with E-state index in [-0.39, 0.29) is 24.9 Å². The van der Waals surface area contributed by atoms with Crippen LogP contribution in [0.15, 0.2) is 54.6 Å². The first-order valence-electron chi connectivity index (χ1n) is 10.3. The van der Waals surface area contributed by atoms with Crippen molar-refractivity contribution in [2.45, 2.75) is 25.9 Å². The number of esters is 1. The SMILES string of the molecule is CC(OC(=O)CCCN1C(=O)c2cccc3cccc(c23)C1=O)C(=O)c1ccc(F)c(F)c1. The highest BCUT2D eigenvalue weighted by atomic mass is 19.2. The monoisotopic (exact) mass is 451 g/mol. The molecule has 1 aliphatic heterocycles. The van der Waals surface area contributed by atoms with E-state index in [0.717, 1.165) is 28.5 Å². The van der Waals surface area contributed by atoms with E-state index in [1.807, 2.05) is 12.1 Å². The molecule has 0 N–H and O–H groups in total. The highest BCUT2D eigenvalue weighted by molar-refractivity contribution is 6.25. The molecule has 1 unspecified atom stereocenters. The molecule has 0 aromatic heterocycles. The van der Waals surface area contributed by atoms with Crippen molar-refractivity contribution in [2.75, 3.05) is 6.54 Å². The lowest BCUT2D eigenvalue weighted by atomic mass is 9.94. The van der Waals surface area contributed by atoms with Gasteiger partial charge in [-0.3, -0.25) is 24.1 Å². The second-order valence-electron chi connectivity index (χ2n) is 7.70. The molecule has 1 heterocycles. The third kappa shape index (κ3) is 4.24. The van der Waals surface area contributed by atoms with Gasteiger partial charge >= 0.3 is 5.97 Å². The Morgan fingerprint density at radius 3 is 2.18 bits per heavy atom. The van der Waals surface area contributed by atoms with Crippen LogP contribution in [0.1, 0.15) is 50.8 Å². The van der Waals surface area contributed by atoms with Crippen molar-refractivity contribution in [1.29, 1.82) is 0 Å². The summed E-state index contributed by atoms with van der Waals surface area (Å²) in [7, 11) is 0. The van der Waals surface area contributed by atoms with Crippen molar-refractivity contribution in [3.8, 4) is 0 Å². The number of rotatable bonds is 7. The van der Waals surface area contributed by atoms with Gasteiger partial charge < -0.3 is 4.74 Å². The molecule has 3 aromatic rings. The van der Waals surface area contributed by atoms with Gasteiger partial charge in [0.1, 0.15) is 0 Å². The first kappa shape index (κ1) is 22.3. The minimum Gasteiger partial charge on any atom is -0.454 e. The zero-order valence-corrected chi connectivity index (χ0v) is 17.6. The Morgan fingerprint density at radius 1 is 0.939 bits per heavy atom. The Bertz CT molecular complexity index is 1250. The number of carbonyl (C=O) groups is 4. The lowest BCUT2D eigenvalue weighted by Crippen LogP contribution is -2.41. The average Bonchev–Trinajstić information content (AvgIpc) is 2.80. The maximum atomic E-state index is 13.3. The molecule has 0 radical (unpaired) electrons. The van der Waals surface area contributed by atoms with Crippen LogP contribution in [-0.2, 0) is 9.53 Å². The van der Waals surface area contributed by atoms with Gasteiger partial charge in [0, 0.05) is 35.0 Å². The fraction of sp³-hybridized carbons (Fsp3) is 0.200. The molecule has 168 valence electrons. The van der Waals surface area contributed by atoms with Crippen LogP contribution in [0, 0.1) is 11.6 Å². The highest BCUT2D eigenvalue weighted by Crippen LogP contribution is 2.30. The van der Waals surface area contributed by atoms with Crippen molar-refractivity contribution < 1.29 is 32.7 Å². The van der Waals surface area contributed by atoms with E-state index in [9.17, 15) is 28.0 Å². The maximum absolute atomic E-state index is 13.3. The van der Waals surface area contributed by atoms with Crippen molar-refractivity contribution in [3.05, 3.63) is 82.9 Å². The molecule has 8 heteroatoms. The molecular formula is C25H19F2NO5. The standard InChI is InChI=1S/C25H19F2NO5/c1-14(23(30)16-10-11-19(26)20(27)13-16)33-21(29)9-4-12-28-24(31)17-7-2-5-15-6-3-8-18(22(15)17)25(28)32/h2-3,5-8,10-11,13-14H,4,9,12H2,1H3. The smallest absolute Gasteiger partial charge is 0.306 e. The molecule has 2 amide bonds. The highest BCUT2D eigenvalue weighted by Gasteiger charge is 2.32. The number of carbonyl (C=O) groups excluding carboxylic acids is 4. The zero-order valence-electron chi connectivity index (χ0n) is 17.6. The van der Waals surface area contributed by atoms with Gasteiger partial charge in [0.15, 0.2) is 17.7 Å². The van der Waals surface area contributed by atoms with E-state index in [4.69, 9.17) is 4.74 Å². The van der Waals surface area contributed by atoms with Crippen LogP contribution in [0.4, 0.5) is 8.78 Å². The topological polar surface area (TPSA) is 80.8 Å². The number of hydrogen-bond donors (Lipinski definition) is 0. The van der Waals surface area contributed by atoms with Gasteiger partial charge in [0.05, 0.1) is 0 Å². The molecule has 0 saturated carbocycles. The van der Waals surface area contributed by atoms with E-state index in [2.05, 4.69) is 0 Å². The third-order valence-corrected chi connectivity index (χ3v) is 5.50. The van der Waals surface area contributed by atoms with Gasteiger partial charge in [0.2, 0.25) is 5.78 Å². The number of benzene rings is 3. The lowest BCUT2D eigenvalue weighted by molar-refractivity contribution is -0.146. The molecule has 0 spiro atoms. The van der Waals surface area contributed by atoms with Crippen LogP contribution >= 0.6 is 0 Å². The van der Waals surface area contributed by atoms with Gasteiger partial charge in [-0.1, -0.05) is 24.3 Å². The molecule has 0 fully saturated rings. The minimum absolute atomic E-state index is 0.00297. The van der Waals surface area contributed by atoms with Crippen LogP contribution in [-0.4, -0.2) is 41.1 Å². The fourth-order valence-electron chi connectivity index (χ4n) is 3.86. The number of nitrogens with zero attached hydrogens (tertiary/aromatic N) is 1. The van der Waals surface area contributed by atoms with Gasteiger partial charge in [-0.2, -0.15) is 0 Å². The van der Waals surface area contributed by atoms with Crippen molar-refractivity contribution in [1.82, 2.24) is 4.90 Å². The molecule has 4 rings (SSSR count). The van der Waals surface area contributed by atoms with Gasteiger partial charge in [0.25, 0.3) is 11.8 Å². The average molecular weight is 451 g/mol. The summed E-state index contributed by atoms with van der Waals surface area (Å²) in [5.41, 5.74) is 0.735. The summed E-state index contributed by atoms with van der Waals surface area (Å²) < 4.78 is 31.5. The van der Waals surface area contributed by atoms with E-state index in [0.29, 0.717) is 16.5 Å². The maximum Gasteiger partial charge on any atom is 0.306 e. The molecule has 3 aromatic carbocycles. The van der Waals surface area contributed by atoms with Gasteiger partial charge in [-0.25, -0.2) is 8.78 Å². The summed E-state index contributed by atoms with van der Waals surface area (Å²) in [6.45, 7) is 1.33. The van der Waals surface area contributed by atoms with E-state index < -0.39 is 41.3 Å². The summed E-state index contributed by atoms with van der Waals surface area (Å²) in [4.78, 5) is 51.3. The quantitative estimate of drug-likeness (QED) is 0.304. The second kappa shape index (κ2) is 8.90. The Labute approximate surface area is 187 Å². The number of amides is 2. The summed E-state index contributed by atoms with van der Waals surface area (Å²) in [6, 6.07) is 13.1. The zero-order chi connectivity index (χ0) is 23.7. The first-order valence-corrected chi connectivity index (χ1v) is 10.3. The molecule has 0 saturated heterocycles. The Hall–Kier alpha value is -3.94. The number of ketones is 1. The Balaban J connectivity index is 1.36. The van der Waals surface area contributed by atoms with Crippen molar-refractivity contribution >= 4 is 34.3 Å². The predicted octanol–water partition coefficient (Wildman–Crippen LogP) is 4.31. The third-order valence-electron chi connectivity index (χ3n) is 5.50. The molecule has 1 atom stereocenters. The second-order valence-corrected chi connectivity index (χ2v) is 7.70. The number of halogens is 2. The number of ether oxygens (including phenoxy) is 1. The lowest BCUT2D eigenvalue weighted by Gasteiger charge is -2.27. The normalized spacial score (nSPS) is 13.8. The Morgan fingerprint density at radius 2 is 1.58 bits per heavy atom. The largest absolute Gasteiger partial charge is 0.454 e. The van der Waals surface area contributed by atoms with Crippen LogP contribution < -0.4 is 0 Å². The van der Waals surface area contributed by atoms with E-state index >= 15 is 0 Å². The summed E-state index contributed by atoms with van der Waals surface area (Å²) in [6.07, 6.45) is -1.20. The van der Waals surface area contributed by atoms with E-state index in [1.165, 1.54) is 6.92 Å². The first-order chi connectivity index (χ1) is 15.8. The van der Waals surface area contributed by atoms with Crippen molar-refractivity contribution in [2.24, 2.45) is 0 Å². The van der Waals surface area contributed by atoms with E-state index in [1.54, 1.807) is 24.3 Å². The summed E-state index contributed by atoms with van der Waals surface area (Å²) in [5.74, 6) is -4.50. The molecular weight excluding hydrogens is 432 g/mol.